The van der Waals surface area contributed by atoms with Crippen LogP contribution in [0.2, 0.25) is 0 Å². The molecule has 1 aliphatic rings. The smallest absolute Gasteiger partial charge is 0.0377 e. The molecule has 1 atom stereocenters. The van der Waals surface area contributed by atoms with Crippen LogP contribution in [0.4, 0.5) is 5.69 Å². The number of anilines is 1. The molecule has 0 bridgehead atoms. The number of rotatable bonds is 3. The third kappa shape index (κ3) is 3.02. The van der Waals surface area contributed by atoms with Crippen molar-refractivity contribution >= 4 is 5.69 Å². The van der Waals surface area contributed by atoms with E-state index in [1.54, 1.807) is 0 Å². The average Bonchev–Trinajstić information content (AvgIpc) is 2.58. The molecule has 1 saturated carbocycles. The topological polar surface area (TPSA) is 12.0 Å². The monoisotopic (exact) mass is 231 g/mol. The highest BCUT2D eigenvalue weighted by molar-refractivity contribution is 5.53. The van der Waals surface area contributed by atoms with Crippen LogP contribution in [-0.4, -0.2) is 6.04 Å². The minimum atomic E-state index is 0.518. The van der Waals surface area contributed by atoms with Gasteiger partial charge < -0.3 is 5.32 Å². The summed E-state index contributed by atoms with van der Waals surface area (Å²) < 4.78 is 0. The summed E-state index contributed by atoms with van der Waals surface area (Å²) in [5.74, 6) is 0.591. The summed E-state index contributed by atoms with van der Waals surface area (Å²) in [5.41, 5.74) is 3.30. The Morgan fingerprint density at radius 2 is 1.94 bits per heavy atom. The molecular weight excluding hydrogens is 206 g/mol. The van der Waals surface area contributed by atoms with Gasteiger partial charge in [0.1, 0.15) is 0 Å². The van der Waals surface area contributed by atoms with E-state index in [1.165, 1.54) is 30.5 Å². The fourth-order valence-electron chi connectivity index (χ4n) is 2.91. The van der Waals surface area contributed by atoms with E-state index in [9.17, 15) is 0 Å². The molecule has 2 rings (SSSR count). The Labute approximate surface area is 106 Å². The fraction of sp³-hybridized carbons (Fsp3) is 0.625. The molecule has 0 heterocycles. The summed E-state index contributed by atoms with van der Waals surface area (Å²) in [4.78, 5) is 0. The first kappa shape index (κ1) is 12.5. The zero-order chi connectivity index (χ0) is 12.5. The third-order valence-corrected chi connectivity index (χ3v) is 3.91. The lowest BCUT2D eigenvalue weighted by molar-refractivity contribution is 0.378. The SMILES string of the molecule is CC(C)c1ccccc1NC1CCC(C)(C)C1. The van der Waals surface area contributed by atoms with Crippen LogP contribution in [0.3, 0.4) is 0 Å². The molecule has 1 aromatic carbocycles. The van der Waals surface area contributed by atoms with Gasteiger partial charge >= 0.3 is 0 Å². The van der Waals surface area contributed by atoms with Crippen LogP contribution < -0.4 is 5.32 Å². The molecule has 0 saturated heterocycles. The summed E-state index contributed by atoms with van der Waals surface area (Å²) >= 11 is 0. The van der Waals surface area contributed by atoms with Crippen LogP contribution in [0.15, 0.2) is 24.3 Å². The second-order valence-electron chi connectivity index (χ2n) is 6.49. The van der Waals surface area contributed by atoms with Crippen molar-refractivity contribution in [2.24, 2.45) is 5.41 Å². The quantitative estimate of drug-likeness (QED) is 0.788. The van der Waals surface area contributed by atoms with E-state index in [4.69, 9.17) is 0 Å². The Hall–Kier alpha value is -0.980. The Balaban J connectivity index is 2.09. The molecule has 0 aliphatic heterocycles. The highest BCUT2D eigenvalue weighted by atomic mass is 14.9. The van der Waals surface area contributed by atoms with Crippen molar-refractivity contribution in [1.82, 2.24) is 0 Å². The minimum Gasteiger partial charge on any atom is -0.382 e. The van der Waals surface area contributed by atoms with Crippen LogP contribution in [0.25, 0.3) is 0 Å². The molecule has 0 aromatic heterocycles. The van der Waals surface area contributed by atoms with Gasteiger partial charge in [-0.15, -0.1) is 0 Å². The summed E-state index contributed by atoms with van der Waals surface area (Å²) in [7, 11) is 0. The first-order chi connectivity index (χ1) is 7.98. The first-order valence-corrected chi connectivity index (χ1v) is 6.83. The molecule has 17 heavy (non-hydrogen) atoms. The van der Waals surface area contributed by atoms with E-state index in [-0.39, 0.29) is 0 Å². The van der Waals surface area contributed by atoms with Crippen molar-refractivity contribution in [3.05, 3.63) is 29.8 Å². The largest absolute Gasteiger partial charge is 0.382 e. The molecule has 1 nitrogen and oxygen atoms in total. The molecule has 1 heteroatoms. The molecule has 1 fully saturated rings. The van der Waals surface area contributed by atoms with Gasteiger partial charge in [0.15, 0.2) is 0 Å². The van der Waals surface area contributed by atoms with Gasteiger partial charge in [-0.3, -0.25) is 0 Å². The summed E-state index contributed by atoms with van der Waals surface area (Å²) in [6.07, 6.45) is 3.94. The molecule has 0 spiro atoms. The zero-order valence-corrected chi connectivity index (χ0v) is 11.6. The number of nitrogens with one attached hydrogen (secondary N) is 1. The summed E-state index contributed by atoms with van der Waals surface area (Å²) in [6, 6.07) is 9.39. The van der Waals surface area contributed by atoms with Crippen LogP contribution >= 0.6 is 0 Å². The summed E-state index contributed by atoms with van der Waals surface area (Å²) in [5, 5.41) is 3.75. The maximum Gasteiger partial charge on any atom is 0.0377 e. The van der Waals surface area contributed by atoms with Gasteiger partial charge in [0, 0.05) is 11.7 Å². The van der Waals surface area contributed by atoms with Crippen LogP contribution in [0.5, 0.6) is 0 Å². The molecule has 1 N–H and O–H groups in total. The van der Waals surface area contributed by atoms with Gasteiger partial charge in [-0.25, -0.2) is 0 Å². The van der Waals surface area contributed by atoms with Gasteiger partial charge in [0.2, 0.25) is 0 Å². The number of hydrogen-bond acceptors (Lipinski definition) is 1. The number of para-hydroxylation sites is 1. The fourth-order valence-corrected chi connectivity index (χ4v) is 2.91. The molecule has 1 aliphatic carbocycles. The molecular formula is C16H25N. The normalized spacial score (nSPS) is 23.0. The lowest BCUT2D eigenvalue weighted by Gasteiger charge is -2.21. The lowest BCUT2D eigenvalue weighted by Crippen LogP contribution is -2.18. The van der Waals surface area contributed by atoms with Gasteiger partial charge in [-0.1, -0.05) is 45.9 Å². The van der Waals surface area contributed by atoms with Crippen molar-refractivity contribution in [3.8, 4) is 0 Å². The molecule has 94 valence electrons. The molecule has 1 aromatic rings. The van der Waals surface area contributed by atoms with Crippen molar-refractivity contribution in [3.63, 3.8) is 0 Å². The second kappa shape index (κ2) is 4.72. The minimum absolute atomic E-state index is 0.518. The standard InChI is InChI=1S/C16H25N/c1-12(2)14-7-5-6-8-15(14)17-13-9-10-16(3,4)11-13/h5-8,12-13,17H,9-11H2,1-4H3. The predicted octanol–water partition coefficient (Wildman–Crippen LogP) is 4.80. The van der Waals surface area contributed by atoms with Gasteiger partial charge in [-0.2, -0.15) is 0 Å². The van der Waals surface area contributed by atoms with Crippen LogP contribution in [0.1, 0.15) is 58.4 Å². The van der Waals surface area contributed by atoms with Crippen molar-refractivity contribution in [2.45, 2.75) is 58.9 Å². The summed E-state index contributed by atoms with van der Waals surface area (Å²) in [6.45, 7) is 9.28. The zero-order valence-electron chi connectivity index (χ0n) is 11.6. The maximum absolute atomic E-state index is 3.75. The van der Waals surface area contributed by atoms with Crippen LogP contribution in [0, 0.1) is 5.41 Å². The van der Waals surface area contributed by atoms with E-state index < -0.39 is 0 Å². The van der Waals surface area contributed by atoms with Crippen molar-refractivity contribution < 1.29 is 0 Å². The molecule has 0 radical (unpaired) electrons. The Kier molecular flexibility index (Phi) is 3.46. The number of hydrogen-bond donors (Lipinski definition) is 1. The van der Waals surface area contributed by atoms with Crippen LogP contribution in [-0.2, 0) is 0 Å². The van der Waals surface area contributed by atoms with Gasteiger partial charge in [0.25, 0.3) is 0 Å². The van der Waals surface area contributed by atoms with Gasteiger partial charge in [-0.05, 0) is 42.2 Å². The highest BCUT2D eigenvalue weighted by Gasteiger charge is 2.30. The molecule has 1 unspecified atom stereocenters. The van der Waals surface area contributed by atoms with E-state index in [0.717, 1.165) is 0 Å². The Morgan fingerprint density at radius 1 is 1.24 bits per heavy atom. The van der Waals surface area contributed by atoms with E-state index in [2.05, 4.69) is 57.3 Å². The van der Waals surface area contributed by atoms with Crippen molar-refractivity contribution in [2.75, 3.05) is 5.32 Å². The van der Waals surface area contributed by atoms with Gasteiger partial charge in [0.05, 0.1) is 0 Å². The first-order valence-electron chi connectivity index (χ1n) is 6.83. The average molecular weight is 231 g/mol. The van der Waals surface area contributed by atoms with E-state index in [1.807, 2.05) is 0 Å². The number of benzene rings is 1. The maximum atomic E-state index is 3.75. The second-order valence-corrected chi connectivity index (χ2v) is 6.49. The van der Waals surface area contributed by atoms with E-state index >= 15 is 0 Å². The Bertz CT molecular complexity index is 379. The van der Waals surface area contributed by atoms with Crippen molar-refractivity contribution in [1.29, 1.82) is 0 Å². The predicted molar refractivity (Wildman–Crippen MR) is 75.6 cm³/mol. The molecule has 0 amide bonds. The third-order valence-electron chi connectivity index (χ3n) is 3.91. The Morgan fingerprint density at radius 3 is 2.53 bits per heavy atom. The lowest BCUT2D eigenvalue weighted by atomic mass is 9.91. The highest BCUT2D eigenvalue weighted by Crippen LogP contribution is 2.39. The van der Waals surface area contributed by atoms with E-state index in [0.29, 0.717) is 17.4 Å².